The van der Waals surface area contributed by atoms with E-state index >= 15 is 0 Å². The Labute approximate surface area is 261 Å². The molecule has 2 aliphatic rings. The maximum atomic E-state index is 13.9. The lowest BCUT2D eigenvalue weighted by Gasteiger charge is -2.52. The van der Waals surface area contributed by atoms with Crippen LogP contribution in [0.1, 0.15) is 81.2 Å². The van der Waals surface area contributed by atoms with E-state index in [0.29, 0.717) is 43.2 Å². The number of ether oxygens (including phenoxy) is 3. The second kappa shape index (κ2) is 13.8. The van der Waals surface area contributed by atoms with Crippen molar-refractivity contribution in [1.29, 1.82) is 0 Å². The second-order valence-corrected chi connectivity index (χ2v) is 12.3. The van der Waals surface area contributed by atoms with Gasteiger partial charge in [-0.3, -0.25) is 14.5 Å². The van der Waals surface area contributed by atoms with E-state index in [1.165, 1.54) is 4.90 Å². The fraction of sp³-hybridized carbons (Fsp3) is 0.545. The van der Waals surface area contributed by atoms with Gasteiger partial charge in [0.2, 0.25) is 12.7 Å². The van der Waals surface area contributed by atoms with E-state index in [1.54, 1.807) is 19.9 Å². The summed E-state index contributed by atoms with van der Waals surface area (Å²) in [5.74, 6) is -0.946. The number of hydrogen-bond acceptors (Lipinski definition) is 7. The van der Waals surface area contributed by atoms with Crippen LogP contribution in [0, 0.1) is 12.8 Å². The van der Waals surface area contributed by atoms with Crippen molar-refractivity contribution in [3.05, 3.63) is 70.8 Å². The number of aryl methyl sites for hydroxylation is 1. The number of carbonyl (C=O) groups excluding carboxylic acids is 3. The maximum absolute atomic E-state index is 13.9. The number of carbonyl (C=O) groups is 3. The summed E-state index contributed by atoms with van der Waals surface area (Å²) in [6.07, 6.45) is -3.69. The van der Waals surface area contributed by atoms with Crippen LogP contribution in [0.25, 0.3) is 0 Å². The first-order chi connectivity index (χ1) is 21.2. The maximum Gasteiger partial charge on any atom is 0.416 e. The Morgan fingerprint density at radius 2 is 1.78 bits per heavy atom. The Kier molecular flexibility index (Phi) is 10.5. The summed E-state index contributed by atoms with van der Waals surface area (Å²) in [5, 5.41) is 3.03. The number of alkyl halides is 3. The summed E-state index contributed by atoms with van der Waals surface area (Å²) >= 11 is 0. The SMILES string of the molecule is CCC(C)C(N)C(=O)OCOC(=O)N1C[C@@]2(CCC(=O)N2)CC[C@@]1(CO[C@H](C)c1cc(C)cc(C(F)(F)F)c1)c1ccccc1. The Morgan fingerprint density at radius 3 is 2.40 bits per heavy atom. The van der Waals surface area contributed by atoms with Crippen LogP contribution < -0.4 is 11.1 Å². The van der Waals surface area contributed by atoms with Crippen LogP contribution in [0.15, 0.2) is 48.5 Å². The van der Waals surface area contributed by atoms with Crippen LogP contribution >= 0.6 is 0 Å². The molecule has 2 aliphatic heterocycles. The predicted octanol–water partition coefficient (Wildman–Crippen LogP) is 5.74. The minimum Gasteiger partial charge on any atom is -0.427 e. The highest BCUT2D eigenvalue weighted by molar-refractivity contribution is 5.80. The van der Waals surface area contributed by atoms with Crippen molar-refractivity contribution in [2.24, 2.45) is 11.7 Å². The summed E-state index contributed by atoms with van der Waals surface area (Å²) in [4.78, 5) is 40.1. The van der Waals surface area contributed by atoms with Gasteiger partial charge < -0.3 is 25.3 Å². The van der Waals surface area contributed by atoms with Gasteiger partial charge in [0.1, 0.15) is 6.04 Å². The van der Waals surface area contributed by atoms with Crippen LogP contribution in [-0.4, -0.2) is 54.4 Å². The normalized spacial score (nSPS) is 23.7. The molecule has 12 heteroatoms. The number of likely N-dealkylation sites (tertiary alicyclic amines) is 1. The van der Waals surface area contributed by atoms with Gasteiger partial charge in [0.05, 0.1) is 29.4 Å². The van der Waals surface area contributed by atoms with Gasteiger partial charge in [0.15, 0.2) is 0 Å². The van der Waals surface area contributed by atoms with Gasteiger partial charge in [0.25, 0.3) is 0 Å². The average Bonchev–Trinajstić information content (AvgIpc) is 3.38. The number of nitrogens with one attached hydrogen (secondary N) is 1. The van der Waals surface area contributed by atoms with E-state index in [9.17, 15) is 27.6 Å². The number of nitrogens with two attached hydrogens (primary N) is 1. The minimum atomic E-state index is -4.52. The molecule has 0 saturated carbocycles. The predicted molar refractivity (Wildman–Crippen MR) is 160 cm³/mol. The van der Waals surface area contributed by atoms with Crippen molar-refractivity contribution in [2.45, 2.75) is 89.2 Å². The molecule has 2 saturated heterocycles. The number of nitrogens with zero attached hydrogens (tertiary/aromatic N) is 1. The monoisotopic (exact) mass is 633 g/mol. The highest BCUT2D eigenvalue weighted by Crippen LogP contribution is 2.45. The molecule has 45 heavy (non-hydrogen) atoms. The molecule has 2 amide bonds. The fourth-order valence-electron chi connectivity index (χ4n) is 6.08. The topological polar surface area (TPSA) is 120 Å². The quantitative estimate of drug-likeness (QED) is 0.253. The zero-order valence-electron chi connectivity index (χ0n) is 26.1. The molecule has 0 aliphatic carbocycles. The largest absolute Gasteiger partial charge is 0.427 e. The zero-order chi connectivity index (χ0) is 33.0. The Hall–Kier alpha value is -3.64. The molecule has 2 fully saturated rings. The van der Waals surface area contributed by atoms with Crippen LogP contribution in [0.2, 0.25) is 0 Å². The third-order valence-corrected chi connectivity index (χ3v) is 9.14. The van der Waals surface area contributed by atoms with Gasteiger partial charge in [-0.1, -0.05) is 62.2 Å². The molecular weight excluding hydrogens is 591 g/mol. The third-order valence-electron chi connectivity index (χ3n) is 9.14. The average molecular weight is 634 g/mol. The zero-order valence-corrected chi connectivity index (χ0v) is 26.1. The molecule has 1 spiro atoms. The van der Waals surface area contributed by atoms with E-state index < -0.39 is 53.8 Å². The smallest absolute Gasteiger partial charge is 0.416 e. The van der Waals surface area contributed by atoms with E-state index in [2.05, 4.69) is 5.32 Å². The fourth-order valence-corrected chi connectivity index (χ4v) is 6.08. The third kappa shape index (κ3) is 7.78. The number of esters is 1. The van der Waals surface area contributed by atoms with Crippen molar-refractivity contribution in [2.75, 3.05) is 19.9 Å². The number of rotatable bonds is 10. The molecule has 2 aromatic rings. The minimum absolute atomic E-state index is 0.0781. The summed E-state index contributed by atoms with van der Waals surface area (Å²) in [5.41, 5.74) is 4.90. The number of amides is 2. The van der Waals surface area contributed by atoms with Crippen molar-refractivity contribution in [3.8, 4) is 0 Å². The van der Waals surface area contributed by atoms with Gasteiger partial charge in [-0.25, -0.2) is 4.79 Å². The van der Waals surface area contributed by atoms with Crippen LogP contribution in [-0.2, 0) is 35.5 Å². The van der Waals surface area contributed by atoms with Gasteiger partial charge in [-0.15, -0.1) is 0 Å². The molecule has 2 heterocycles. The van der Waals surface area contributed by atoms with E-state index in [1.807, 2.05) is 44.2 Å². The van der Waals surface area contributed by atoms with E-state index in [-0.39, 0.29) is 25.0 Å². The molecule has 4 rings (SSSR count). The second-order valence-electron chi connectivity index (χ2n) is 12.3. The Balaban J connectivity index is 1.63. The van der Waals surface area contributed by atoms with Gasteiger partial charge in [0, 0.05) is 13.0 Å². The highest BCUT2D eigenvalue weighted by atomic mass is 19.4. The number of benzene rings is 2. The van der Waals surface area contributed by atoms with E-state index in [4.69, 9.17) is 19.9 Å². The van der Waals surface area contributed by atoms with Crippen molar-refractivity contribution in [1.82, 2.24) is 10.2 Å². The molecule has 3 N–H and O–H groups in total. The summed E-state index contributed by atoms with van der Waals surface area (Å²) in [6.45, 7) is 6.32. The molecular formula is C33H42F3N3O6. The van der Waals surface area contributed by atoms with Crippen molar-refractivity contribution < 1.29 is 41.8 Å². The highest BCUT2D eigenvalue weighted by Gasteiger charge is 2.54. The standard InChI is InChI=1S/C33H42F3N3O6/c1-5-22(3)28(37)29(41)44-20-45-30(42)39-18-31(12-11-27(40)38-31)13-14-32(39,25-9-7-6-8-10-25)19-43-23(4)24-15-21(2)16-26(17-24)33(34,35)36/h6-10,15-17,22-23,28H,5,11-14,18-20,37H2,1-4H3,(H,38,40)/t22?,23-,28?,31-,32-/m1/s1. The molecule has 0 bridgehead atoms. The molecule has 5 atom stereocenters. The summed E-state index contributed by atoms with van der Waals surface area (Å²) in [7, 11) is 0. The van der Waals surface area contributed by atoms with Crippen LogP contribution in [0.5, 0.6) is 0 Å². The molecule has 246 valence electrons. The summed E-state index contributed by atoms with van der Waals surface area (Å²) < 4.78 is 57.7. The molecule has 2 unspecified atom stereocenters. The van der Waals surface area contributed by atoms with Crippen LogP contribution in [0.4, 0.5) is 18.0 Å². The Morgan fingerprint density at radius 1 is 1.07 bits per heavy atom. The van der Waals surface area contributed by atoms with Crippen molar-refractivity contribution in [3.63, 3.8) is 0 Å². The summed E-state index contributed by atoms with van der Waals surface area (Å²) in [6, 6.07) is 12.1. The van der Waals surface area contributed by atoms with Gasteiger partial charge in [-0.05, 0) is 62.3 Å². The number of hydrogen-bond donors (Lipinski definition) is 2. The molecule has 0 radical (unpaired) electrons. The van der Waals surface area contributed by atoms with Gasteiger partial charge in [-0.2, -0.15) is 13.2 Å². The first kappa shape index (κ1) is 34.2. The molecule has 2 aromatic carbocycles. The van der Waals surface area contributed by atoms with Crippen molar-refractivity contribution >= 4 is 18.0 Å². The van der Waals surface area contributed by atoms with Gasteiger partial charge >= 0.3 is 18.2 Å². The first-order valence-electron chi connectivity index (χ1n) is 15.2. The molecule has 9 nitrogen and oxygen atoms in total. The lowest BCUT2D eigenvalue weighted by Crippen LogP contribution is -2.65. The van der Waals surface area contributed by atoms with Crippen LogP contribution in [0.3, 0.4) is 0 Å². The first-order valence-corrected chi connectivity index (χ1v) is 15.2. The van der Waals surface area contributed by atoms with E-state index in [0.717, 1.165) is 17.7 Å². The number of piperidine rings is 1. The number of halogens is 3. The lowest BCUT2D eigenvalue weighted by molar-refractivity contribution is -0.157. The lowest BCUT2D eigenvalue weighted by atomic mass is 9.74. The molecule has 0 aromatic heterocycles. The Bertz CT molecular complexity index is 1370.